The van der Waals surface area contributed by atoms with Crippen molar-refractivity contribution in [2.24, 2.45) is 0 Å². The highest BCUT2D eigenvalue weighted by molar-refractivity contribution is 8.01. The normalized spacial score (nSPS) is 11.3. The molecule has 0 saturated carbocycles. The van der Waals surface area contributed by atoms with Gasteiger partial charge in [-0.15, -0.1) is 10.2 Å². The van der Waals surface area contributed by atoms with Crippen LogP contribution in [0.2, 0.25) is 0 Å². The molecule has 1 aromatic heterocycles. The monoisotopic (exact) mass is 462 g/mol. The number of hydrogen-bond acceptors (Lipinski definition) is 7. The van der Waals surface area contributed by atoms with Crippen LogP contribution in [0.15, 0.2) is 58.9 Å². The number of thioether (sulfide) groups is 1. The van der Waals surface area contributed by atoms with Crippen molar-refractivity contribution in [1.82, 2.24) is 10.2 Å². The van der Waals surface area contributed by atoms with Crippen LogP contribution in [-0.2, 0) is 16.6 Å². The Morgan fingerprint density at radius 3 is 2.50 bits per heavy atom. The third-order valence-corrected chi connectivity index (χ3v) is 7.35. The smallest absolute Gasteiger partial charge is 0.259 e. The van der Waals surface area contributed by atoms with Crippen LogP contribution >= 0.6 is 23.1 Å². The summed E-state index contributed by atoms with van der Waals surface area (Å²) in [4.78, 5) is 12.9. The highest BCUT2D eigenvalue weighted by atomic mass is 32.2. The van der Waals surface area contributed by atoms with E-state index in [4.69, 9.17) is 0 Å². The van der Waals surface area contributed by atoms with E-state index in [2.05, 4.69) is 22.4 Å². The van der Waals surface area contributed by atoms with Gasteiger partial charge in [-0.3, -0.25) is 14.4 Å². The van der Waals surface area contributed by atoms with E-state index in [-0.39, 0.29) is 12.1 Å². The van der Waals surface area contributed by atoms with Gasteiger partial charge in [0.25, 0.3) is 5.91 Å². The maximum Gasteiger partial charge on any atom is 0.259 e. The first-order valence-corrected chi connectivity index (χ1v) is 12.9. The fourth-order valence-corrected chi connectivity index (χ4v) is 5.26. The molecule has 0 radical (unpaired) electrons. The number of amides is 1. The van der Waals surface area contributed by atoms with Gasteiger partial charge in [0, 0.05) is 5.75 Å². The van der Waals surface area contributed by atoms with Crippen molar-refractivity contribution >= 4 is 49.8 Å². The van der Waals surface area contributed by atoms with E-state index in [1.54, 1.807) is 36.0 Å². The standard InChI is InChI=1S/C20H22N4O3S3/c1-3-13-28-20-23-22-19(29-20)21-18(25)16-11-7-8-12-17(16)24(30(2,26)27)14-15-9-5-4-6-10-15/h4-12H,3,13-14H2,1-2H3,(H,21,22,25). The van der Waals surface area contributed by atoms with Crippen molar-refractivity contribution in [3.8, 4) is 0 Å². The van der Waals surface area contributed by atoms with Crippen LogP contribution in [0.1, 0.15) is 29.3 Å². The number of hydrogen-bond donors (Lipinski definition) is 1. The summed E-state index contributed by atoms with van der Waals surface area (Å²) in [6.07, 6.45) is 2.15. The lowest BCUT2D eigenvalue weighted by atomic mass is 10.1. The van der Waals surface area contributed by atoms with Gasteiger partial charge in [-0.25, -0.2) is 8.42 Å². The summed E-state index contributed by atoms with van der Waals surface area (Å²) in [5, 5.41) is 11.2. The summed E-state index contributed by atoms with van der Waals surface area (Å²) in [5.41, 5.74) is 1.38. The Balaban J connectivity index is 1.87. The van der Waals surface area contributed by atoms with Gasteiger partial charge >= 0.3 is 0 Å². The Kier molecular flexibility index (Phi) is 7.46. The molecule has 10 heteroatoms. The Hall–Kier alpha value is -2.43. The molecule has 158 valence electrons. The van der Waals surface area contributed by atoms with Gasteiger partial charge < -0.3 is 0 Å². The number of para-hydroxylation sites is 1. The summed E-state index contributed by atoms with van der Waals surface area (Å²) in [5.74, 6) is 0.490. The molecule has 3 aromatic rings. The maximum absolute atomic E-state index is 12.9. The lowest BCUT2D eigenvalue weighted by molar-refractivity contribution is 0.102. The van der Waals surface area contributed by atoms with E-state index in [1.165, 1.54) is 15.6 Å². The highest BCUT2D eigenvalue weighted by Crippen LogP contribution is 2.29. The number of sulfonamides is 1. The molecule has 0 aliphatic heterocycles. The van der Waals surface area contributed by atoms with Gasteiger partial charge in [0.2, 0.25) is 15.2 Å². The topological polar surface area (TPSA) is 92.3 Å². The van der Waals surface area contributed by atoms with E-state index in [0.29, 0.717) is 10.8 Å². The molecule has 3 rings (SSSR count). The average molecular weight is 463 g/mol. The molecule has 7 nitrogen and oxygen atoms in total. The Labute approximate surface area is 184 Å². The first kappa shape index (κ1) is 22.3. The minimum absolute atomic E-state index is 0.126. The van der Waals surface area contributed by atoms with Gasteiger partial charge in [0.1, 0.15) is 0 Å². The van der Waals surface area contributed by atoms with Crippen molar-refractivity contribution < 1.29 is 13.2 Å². The predicted octanol–water partition coefficient (Wildman–Crippen LogP) is 4.26. The molecule has 0 aliphatic rings. The molecular formula is C20H22N4O3S3. The van der Waals surface area contributed by atoms with Gasteiger partial charge in [-0.05, 0) is 24.1 Å². The zero-order valence-corrected chi connectivity index (χ0v) is 19.1. The van der Waals surface area contributed by atoms with E-state index in [1.807, 2.05) is 30.3 Å². The summed E-state index contributed by atoms with van der Waals surface area (Å²) < 4.78 is 27.1. The zero-order valence-electron chi connectivity index (χ0n) is 16.6. The Morgan fingerprint density at radius 2 is 1.80 bits per heavy atom. The van der Waals surface area contributed by atoms with E-state index in [0.717, 1.165) is 28.3 Å². The zero-order chi connectivity index (χ0) is 21.6. The van der Waals surface area contributed by atoms with Gasteiger partial charge in [0.05, 0.1) is 24.1 Å². The van der Waals surface area contributed by atoms with Crippen LogP contribution in [0.4, 0.5) is 10.8 Å². The molecule has 0 atom stereocenters. The molecule has 0 aliphatic carbocycles. The van der Waals surface area contributed by atoms with Crippen molar-refractivity contribution in [2.75, 3.05) is 21.6 Å². The largest absolute Gasteiger partial charge is 0.296 e. The van der Waals surface area contributed by atoms with Crippen LogP contribution in [0.5, 0.6) is 0 Å². The second-order valence-electron chi connectivity index (χ2n) is 6.45. The summed E-state index contributed by atoms with van der Waals surface area (Å²) in [6.45, 7) is 2.21. The number of carbonyl (C=O) groups excluding carboxylic acids is 1. The molecule has 2 aromatic carbocycles. The summed E-state index contributed by atoms with van der Waals surface area (Å²) in [7, 11) is -3.63. The van der Waals surface area contributed by atoms with Crippen LogP contribution in [0.3, 0.4) is 0 Å². The minimum atomic E-state index is -3.63. The fraction of sp³-hybridized carbons (Fsp3) is 0.250. The number of aromatic nitrogens is 2. The maximum atomic E-state index is 12.9. The average Bonchev–Trinajstić information content (AvgIpc) is 3.17. The highest BCUT2D eigenvalue weighted by Gasteiger charge is 2.24. The second-order valence-corrected chi connectivity index (χ2v) is 10.7. The third kappa shape index (κ3) is 5.80. The molecule has 1 amide bonds. The molecular weight excluding hydrogens is 440 g/mol. The number of nitrogens with one attached hydrogen (secondary N) is 1. The number of carbonyl (C=O) groups is 1. The van der Waals surface area contributed by atoms with Crippen LogP contribution in [0, 0.1) is 0 Å². The first-order chi connectivity index (χ1) is 14.4. The van der Waals surface area contributed by atoms with Crippen molar-refractivity contribution in [3.63, 3.8) is 0 Å². The number of nitrogens with zero attached hydrogens (tertiary/aromatic N) is 3. The number of anilines is 2. The van der Waals surface area contributed by atoms with Crippen LogP contribution in [-0.4, -0.2) is 36.5 Å². The van der Waals surface area contributed by atoms with Gasteiger partial charge in [-0.1, -0.05) is 72.5 Å². The Morgan fingerprint density at radius 1 is 1.10 bits per heavy atom. The SMILES string of the molecule is CCCSc1nnc(NC(=O)c2ccccc2N(Cc2ccccc2)S(C)(=O)=O)s1. The minimum Gasteiger partial charge on any atom is -0.296 e. The van der Waals surface area contributed by atoms with Gasteiger partial charge in [-0.2, -0.15) is 0 Å². The predicted molar refractivity (Wildman–Crippen MR) is 123 cm³/mol. The number of rotatable bonds is 9. The second kappa shape index (κ2) is 10.1. The van der Waals surface area contributed by atoms with Gasteiger partial charge in [0.15, 0.2) is 4.34 Å². The van der Waals surface area contributed by atoms with Crippen molar-refractivity contribution in [3.05, 3.63) is 65.7 Å². The molecule has 0 bridgehead atoms. The molecule has 0 fully saturated rings. The molecule has 0 saturated heterocycles. The summed E-state index contributed by atoms with van der Waals surface area (Å²) in [6, 6.07) is 15.9. The van der Waals surface area contributed by atoms with Crippen molar-refractivity contribution in [1.29, 1.82) is 0 Å². The van der Waals surface area contributed by atoms with Crippen LogP contribution < -0.4 is 9.62 Å². The number of benzene rings is 2. The molecule has 1 heterocycles. The van der Waals surface area contributed by atoms with E-state index < -0.39 is 15.9 Å². The third-order valence-electron chi connectivity index (χ3n) is 4.04. The lowest BCUT2D eigenvalue weighted by Crippen LogP contribution is -2.31. The molecule has 0 unspecified atom stereocenters. The van der Waals surface area contributed by atoms with Crippen molar-refractivity contribution in [2.45, 2.75) is 24.2 Å². The molecule has 1 N–H and O–H groups in total. The van der Waals surface area contributed by atoms with E-state index in [9.17, 15) is 13.2 Å². The molecule has 0 spiro atoms. The van der Waals surface area contributed by atoms with Crippen LogP contribution in [0.25, 0.3) is 0 Å². The fourth-order valence-electron chi connectivity index (χ4n) is 2.69. The molecule has 30 heavy (non-hydrogen) atoms. The first-order valence-electron chi connectivity index (χ1n) is 9.27. The summed E-state index contributed by atoms with van der Waals surface area (Å²) >= 11 is 2.88. The lowest BCUT2D eigenvalue weighted by Gasteiger charge is -2.24. The Bertz CT molecular complexity index is 1100. The van der Waals surface area contributed by atoms with E-state index >= 15 is 0 Å². The quantitative estimate of drug-likeness (QED) is 0.377.